The summed E-state index contributed by atoms with van der Waals surface area (Å²) in [6.07, 6.45) is 0.969. The summed E-state index contributed by atoms with van der Waals surface area (Å²) < 4.78 is 0. The molecule has 1 aromatic rings. The molecule has 1 fully saturated rings. The van der Waals surface area contributed by atoms with Crippen LogP contribution in [-0.4, -0.2) is 49.0 Å². The van der Waals surface area contributed by atoms with Crippen molar-refractivity contribution in [2.24, 2.45) is 10.9 Å². The molecular formula is C21H35IN4O. The van der Waals surface area contributed by atoms with Gasteiger partial charge in [-0.05, 0) is 25.8 Å². The number of carbonyl (C=O) groups excluding carboxylic acids is 1. The average molecular weight is 486 g/mol. The van der Waals surface area contributed by atoms with E-state index in [1.54, 1.807) is 0 Å². The summed E-state index contributed by atoms with van der Waals surface area (Å²) in [6.45, 7) is 13.5. The Bertz CT molecular complexity index is 615. The Morgan fingerprint density at radius 1 is 1.26 bits per heavy atom. The molecule has 0 radical (unpaired) electrons. The van der Waals surface area contributed by atoms with Gasteiger partial charge in [0.2, 0.25) is 5.91 Å². The number of guanidine groups is 1. The van der Waals surface area contributed by atoms with E-state index in [2.05, 4.69) is 55.7 Å². The van der Waals surface area contributed by atoms with E-state index in [0.717, 1.165) is 38.6 Å². The molecule has 0 aliphatic carbocycles. The second-order valence-electron chi connectivity index (χ2n) is 7.60. The van der Waals surface area contributed by atoms with Gasteiger partial charge in [0, 0.05) is 44.1 Å². The minimum absolute atomic E-state index is 0. The molecule has 0 aromatic heterocycles. The number of rotatable bonds is 6. The number of nitrogens with one attached hydrogen (secondary N) is 2. The van der Waals surface area contributed by atoms with Gasteiger partial charge in [-0.15, -0.1) is 24.0 Å². The summed E-state index contributed by atoms with van der Waals surface area (Å²) in [5.41, 5.74) is 2.59. The van der Waals surface area contributed by atoms with Gasteiger partial charge >= 0.3 is 0 Å². The van der Waals surface area contributed by atoms with Crippen LogP contribution < -0.4 is 10.6 Å². The van der Waals surface area contributed by atoms with Crippen molar-refractivity contribution in [2.45, 2.75) is 53.0 Å². The lowest BCUT2D eigenvalue weighted by atomic mass is 10.0. The number of carbonyl (C=O) groups is 1. The summed E-state index contributed by atoms with van der Waals surface area (Å²) in [5, 5.41) is 6.83. The van der Waals surface area contributed by atoms with E-state index in [1.165, 1.54) is 11.1 Å². The van der Waals surface area contributed by atoms with Gasteiger partial charge in [-0.3, -0.25) is 9.79 Å². The van der Waals surface area contributed by atoms with Gasteiger partial charge in [-0.25, -0.2) is 0 Å². The lowest BCUT2D eigenvalue weighted by Gasteiger charge is -2.20. The highest BCUT2D eigenvalue weighted by molar-refractivity contribution is 14.0. The molecule has 27 heavy (non-hydrogen) atoms. The van der Waals surface area contributed by atoms with Crippen molar-refractivity contribution in [1.82, 2.24) is 15.5 Å². The number of benzene rings is 1. The molecular weight excluding hydrogens is 451 g/mol. The highest BCUT2D eigenvalue weighted by atomic mass is 127. The van der Waals surface area contributed by atoms with E-state index in [4.69, 9.17) is 4.99 Å². The van der Waals surface area contributed by atoms with Crippen LogP contribution in [0.4, 0.5) is 0 Å². The molecule has 5 nitrogen and oxygen atoms in total. The zero-order chi connectivity index (χ0) is 19.1. The van der Waals surface area contributed by atoms with E-state index in [9.17, 15) is 4.79 Å². The third-order valence-electron chi connectivity index (χ3n) is 4.85. The topological polar surface area (TPSA) is 56.7 Å². The van der Waals surface area contributed by atoms with Crippen molar-refractivity contribution >= 4 is 35.8 Å². The number of aliphatic imine (C=N–C) groups is 1. The maximum absolute atomic E-state index is 12.2. The van der Waals surface area contributed by atoms with E-state index < -0.39 is 0 Å². The smallest absolute Gasteiger partial charge is 0.225 e. The Kier molecular flexibility index (Phi) is 10.1. The van der Waals surface area contributed by atoms with Gasteiger partial charge < -0.3 is 15.5 Å². The molecule has 1 saturated heterocycles. The monoisotopic (exact) mass is 486 g/mol. The number of hydrogen-bond acceptors (Lipinski definition) is 2. The Morgan fingerprint density at radius 2 is 1.93 bits per heavy atom. The van der Waals surface area contributed by atoms with Gasteiger partial charge in [-0.1, -0.05) is 50.6 Å². The molecule has 152 valence electrons. The Balaban J connectivity index is 0.00000364. The third-order valence-corrected chi connectivity index (χ3v) is 4.85. The summed E-state index contributed by atoms with van der Waals surface area (Å²) in [6, 6.07) is 8.94. The van der Waals surface area contributed by atoms with Crippen LogP contribution in [0.25, 0.3) is 0 Å². The van der Waals surface area contributed by atoms with Crippen LogP contribution in [0.2, 0.25) is 0 Å². The highest BCUT2D eigenvalue weighted by Crippen LogP contribution is 2.16. The van der Waals surface area contributed by atoms with Crippen LogP contribution in [0, 0.1) is 12.8 Å². The number of nitrogens with zero attached hydrogens (tertiary/aromatic N) is 2. The van der Waals surface area contributed by atoms with Crippen LogP contribution in [-0.2, 0) is 4.79 Å². The van der Waals surface area contributed by atoms with Crippen molar-refractivity contribution in [1.29, 1.82) is 0 Å². The first-order valence-electron chi connectivity index (χ1n) is 9.80. The van der Waals surface area contributed by atoms with Gasteiger partial charge in [-0.2, -0.15) is 0 Å². The fourth-order valence-corrected chi connectivity index (χ4v) is 3.19. The predicted molar refractivity (Wildman–Crippen MR) is 124 cm³/mol. The number of aryl methyl sites for hydroxylation is 1. The molecule has 1 amide bonds. The molecule has 0 bridgehead atoms. The molecule has 1 aliphatic heterocycles. The fraction of sp³-hybridized carbons (Fsp3) is 0.619. The predicted octanol–water partition coefficient (Wildman–Crippen LogP) is 3.53. The largest absolute Gasteiger partial charge is 0.357 e. The standard InChI is InChI=1S/C21H34N4O.HI/c1-6-22-21(23-13-17(5)18-9-7-16(4)8-10-18)24-19-11-12-25(14-19)20(26)15(2)3;/h7-10,15,17,19H,6,11-14H2,1-5H3,(H2,22,23,24);1H. The van der Waals surface area contributed by atoms with E-state index in [0.29, 0.717) is 5.92 Å². The Labute approximate surface area is 181 Å². The summed E-state index contributed by atoms with van der Waals surface area (Å²) in [4.78, 5) is 18.9. The Hall–Kier alpha value is -1.31. The van der Waals surface area contributed by atoms with Crippen molar-refractivity contribution < 1.29 is 4.79 Å². The minimum atomic E-state index is 0. The summed E-state index contributed by atoms with van der Waals surface area (Å²) in [7, 11) is 0. The van der Waals surface area contributed by atoms with Gasteiger partial charge in [0.25, 0.3) is 0 Å². The molecule has 6 heteroatoms. The number of likely N-dealkylation sites (tertiary alicyclic amines) is 1. The van der Waals surface area contributed by atoms with Crippen molar-refractivity contribution in [2.75, 3.05) is 26.2 Å². The molecule has 1 aliphatic rings. The first-order valence-corrected chi connectivity index (χ1v) is 9.80. The molecule has 1 aromatic carbocycles. The highest BCUT2D eigenvalue weighted by Gasteiger charge is 2.27. The average Bonchev–Trinajstić information content (AvgIpc) is 3.07. The normalized spacial score (nSPS) is 18.2. The maximum Gasteiger partial charge on any atom is 0.225 e. The zero-order valence-corrected chi connectivity index (χ0v) is 19.6. The fourth-order valence-electron chi connectivity index (χ4n) is 3.19. The van der Waals surface area contributed by atoms with Crippen LogP contribution in [0.3, 0.4) is 0 Å². The summed E-state index contributed by atoms with van der Waals surface area (Å²) in [5.74, 6) is 1.51. The molecule has 1 heterocycles. The molecule has 2 rings (SSSR count). The van der Waals surface area contributed by atoms with Crippen molar-refractivity contribution in [3.63, 3.8) is 0 Å². The van der Waals surface area contributed by atoms with E-state index >= 15 is 0 Å². The molecule has 2 N–H and O–H groups in total. The quantitative estimate of drug-likeness (QED) is 0.368. The number of halogens is 1. The number of amides is 1. The zero-order valence-electron chi connectivity index (χ0n) is 17.3. The maximum atomic E-state index is 12.2. The first-order chi connectivity index (χ1) is 12.4. The molecule has 2 unspecified atom stereocenters. The van der Waals surface area contributed by atoms with Crippen molar-refractivity contribution in [3.8, 4) is 0 Å². The SMILES string of the molecule is CCNC(=NCC(C)c1ccc(C)cc1)NC1CCN(C(=O)C(C)C)C1.I. The van der Waals surface area contributed by atoms with Crippen LogP contribution in [0.15, 0.2) is 29.3 Å². The van der Waals surface area contributed by atoms with Gasteiger partial charge in [0.1, 0.15) is 0 Å². The van der Waals surface area contributed by atoms with Gasteiger partial charge in [0.05, 0.1) is 0 Å². The van der Waals surface area contributed by atoms with Crippen molar-refractivity contribution in [3.05, 3.63) is 35.4 Å². The van der Waals surface area contributed by atoms with Crippen LogP contribution in [0.5, 0.6) is 0 Å². The molecule has 0 spiro atoms. The van der Waals surface area contributed by atoms with E-state index in [1.807, 2.05) is 18.7 Å². The molecule has 2 atom stereocenters. The third kappa shape index (κ3) is 7.31. The Morgan fingerprint density at radius 3 is 2.52 bits per heavy atom. The van der Waals surface area contributed by atoms with Crippen LogP contribution >= 0.6 is 24.0 Å². The summed E-state index contributed by atoms with van der Waals surface area (Å²) >= 11 is 0. The van der Waals surface area contributed by atoms with Gasteiger partial charge in [0.15, 0.2) is 5.96 Å². The number of hydrogen-bond donors (Lipinski definition) is 2. The second kappa shape index (κ2) is 11.5. The molecule has 0 saturated carbocycles. The van der Waals surface area contributed by atoms with Crippen LogP contribution in [0.1, 0.15) is 51.2 Å². The first kappa shape index (κ1) is 23.7. The minimum Gasteiger partial charge on any atom is -0.357 e. The second-order valence-corrected chi connectivity index (χ2v) is 7.60. The lowest BCUT2D eigenvalue weighted by molar-refractivity contribution is -0.133. The lowest BCUT2D eigenvalue weighted by Crippen LogP contribution is -2.45. The van der Waals surface area contributed by atoms with E-state index in [-0.39, 0.29) is 41.8 Å².